The molecule has 0 rings (SSSR count). The normalized spacial score (nSPS) is 11.3. The summed E-state index contributed by atoms with van der Waals surface area (Å²) in [5.74, 6) is -0.608. The lowest BCUT2D eigenvalue weighted by atomic mass is 10.2. The van der Waals surface area contributed by atoms with Gasteiger partial charge in [0.25, 0.3) is 0 Å². The Balaban J connectivity index is 3.70. The minimum Gasteiger partial charge on any atom is -0.445 e. The minimum atomic E-state index is -0.611. The van der Waals surface area contributed by atoms with Gasteiger partial charge in [-0.1, -0.05) is 12.7 Å². The maximum Gasteiger partial charge on any atom is 0.407 e. The highest BCUT2D eigenvalue weighted by Gasteiger charge is 2.12. The van der Waals surface area contributed by atoms with Crippen molar-refractivity contribution in [3.8, 4) is 0 Å². The Morgan fingerprint density at radius 1 is 1.64 bits per heavy atom. The van der Waals surface area contributed by atoms with Crippen molar-refractivity contribution in [2.45, 2.75) is 19.4 Å². The molecule has 0 aliphatic rings. The summed E-state index contributed by atoms with van der Waals surface area (Å²) >= 11 is 4.81. The highest BCUT2D eigenvalue weighted by molar-refractivity contribution is 6.13. The van der Waals surface area contributed by atoms with E-state index in [9.17, 15) is 9.59 Å². The van der Waals surface area contributed by atoms with E-state index in [1.807, 2.05) is 0 Å². The van der Waals surface area contributed by atoms with Gasteiger partial charge in [-0.25, -0.2) is 4.79 Å². The number of hydrogen-bond acceptors (Lipinski definition) is 4. The lowest BCUT2D eigenvalue weighted by Crippen LogP contribution is -2.34. The third-order valence-electron chi connectivity index (χ3n) is 1.26. The monoisotopic (exact) mass is 221 g/mol. The lowest BCUT2D eigenvalue weighted by molar-refractivity contribution is -0.134. The molecule has 0 aromatic carbocycles. The molecule has 80 valence electrons. The van der Waals surface area contributed by atoms with Gasteiger partial charge < -0.3 is 14.3 Å². The van der Waals surface area contributed by atoms with Crippen molar-refractivity contribution in [1.82, 2.24) is 5.32 Å². The van der Waals surface area contributed by atoms with Crippen LogP contribution in [0.4, 0.5) is 4.79 Å². The van der Waals surface area contributed by atoms with Gasteiger partial charge >= 0.3 is 12.1 Å². The number of hydrogen-bond donors (Lipinski definition) is 1. The second-order valence-corrected chi connectivity index (χ2v) is 2.74. The second-order valence-electron chi connectivity index (χ2n) is 2.59. The van der Waals surface area contributed by atoms with Crippen molar-refractivity contribution in [1.29, 1.82) is 0 Å². The minimum absolute atomic E-state index is 0.00725. The predicted octanol–water partition coefficient (Wildman–Crippen LogP) is 1.37. The number of alkyl carbamates (subject to hydrolysis) is 1. The van der Waals surface area contributed by atoms with Gasteiger partial charge in [0.05, 0.1) is 6.42 Å². The first-order chi connectivity index (χ1) is 6.60. The summed E-state index contributed by atoms with van der Waals surface area (Å²) in [6.45, 7) is 5.13. The fourth-order valence-electron chi connectivity index (χ4n) is 0.710. The van der Waals surface area contributed by atoms with Gasteiger partial charge in [-0.3, -0.25) is 4.79 Å². The van der Waals surface area contributed by atoms with Gasteiger partial charge in [-0.05, 0) is 6.92 Å². The molecule has 1 N–H and O–H groups in total. The molecule has 0 saturated heterocycles. The Bertz CT molecular complexity index is 219. The Labute approximate surface area is 87.2 Å². The van der Waals surface area contributed by atoms with Gasteiger partial charge in [0, 0.05) is 6.04 Å². The number of carbonyl (C=O) groups excluding carboxylic acids is 2. The van der Waals surface area contributed by atoms with Gasteiger partial charge in [-0.15, -0.1) is 0 Å². The van der Waals surface area contributed by atoms with Crippen LogP contribution in [-0.4, -0.2) is 24.7 Å². The summed E-state index contributed by atoms with van der Waals surface area (Å²) in [6.07, 6.45) is 0.823. The highest BCUT2D eigenvalue weighted by Crippen LogP contribution is 1.96. The van der Waals surface area contributed by atoms with Crippen molar-refractivity contribution in [3.63, 3.8) is 0 Å². The van der Waals surface area contributed by atoms with E-state index in [0.29, 0.717) is 0 Å². The molecule has 0 fully saturated rings. The van der Waals surface area contributed by atoms with E-state index in [1.54, 1.807) is 6.92 Å². The molecular formula is C8H12ClNO4. The number of rotatable bonds is 5. The molecule has 1 unspecified atom stereocenters. The van der Waals surface area contributed by atoms with Crippen LogP contribution in [0.15, 0.2) is 12.7 Å². The van der Waals surface area contributed by atoms with Crippen LogP contribution in [0.3, 0.4) is 0 Å². The van der Waals surface area contributed by atoms with Crippen LogP contribution in [0.1, 0.15) is 13.3 Å². The van der Waals surface area contributed by atoms with Crippen LogP contribution < -0.4 is 5.32 Å². The van der Waals surface area contributed by atoms with E-state index < -0.39 is 18.1 Å². The Kier molecular flexibility index (Phi) is 6.57. The topological polar surface area (TPSA) is 64.6 Å². The SMILES string of the molecule is C=CCOC(=O)NC(C)CC(=O)OCl. The van der Waals surface area contributed by atoms with Crippen molar-refractivity contribution >= 4 is 23.9 Å². The molecule has 0 bridgehead atoms. The number of halogens is 1. The molecule has 0 aliphatic carbocycles. The number of nitrogens with one attached hydrogen (secondary N) is 1. The van der Waals surface area contributed by atoms with Crippen molar-refractivity contribution in [3.05, 3.63) is 12.7 Å². The summed E-state index contributed by atoms with van der Waals surface area (Å²) in [7, 11) is 0. The van der Waals surface area contributed by atoms with Crippen LogP contribution in [0, 0.1) is 0 Å². The summed E-state index contributed by atoms with van der Waals surface area (Å²) in [6, 6.07) is -0.390. The summed E-state index contributed by atoms with van der Waals surface area (Å²) in [4.78, 5) is 21.6. The molecule has 0 saturated carbocycles. The molecule has 0 heterocycles. The molecule has 1 amide bonds. The molecule has 0 spiro atoms. The van der Waals surface area contributed by atoms with Gasteiger partial charge in [0.2, 0.25) is 0 Å². The fourth-order valence-corrected chi connectivity index (χ4v) is 0.773. The van der Waals surface area contributed by atoms with E-state index >= 15 is 0 Å². The predicted molar refractivity (Wildman–Crippen MR) is 50.7 cm³/mol. The van der Waals surface area contributed by atoms with Crippen LogP contribution in [0.2, 0.25) is 0 Å². The largest absolute Gasteiger partial charge is 0.445 e. The Hall–Kier alpha value is -1.23. The first kappa shape index (κ1) is 12.8. The zero-order valence-corrected chi connectivity index (χ0v) is 8.54. The smallest absolute Gasteiger partial charge is 0.407 e. The maximum absolute atomic E-state index is 10.9. The third kappa shape index (κ3) is 6.30. The van der Waals surface area contributed by atoms with Crippen molar-refractivity contribution in [2.75, 3.05) is 6.61 Å². The van der Waals surface area contributed by atoms with Crippen LogP contribution >= 0.6 is 11.9 Å². The Morgan fingerprint density at radius 3 is 2.79 bits per heavy atom. The van der Waals surface area contributed by atoms with E-state index in [-0.39, 0.29) is 13.0 Å². The molecule has 5 nitrogen and oxygen atoms in total. The molecule has 6 heteroatoms. The van der Waals surface area contributed by atoms with Crippen LogP contribution in [0.5, 0.6) is 0 Å². The van der Waals surface area contributed by atoms with Gasteiger partial charge in [0.15, 0.2) is 0 Å². The van der Waals surface area contributed by atoms with E-state index in [4.69, 9.17) is 11.9 Å². The number of carbonyl (C=O) groups is 2. The molecule has 14 heavy (non-hydrogen) atoms. The summed E-state index contributed by atoms with van der Waals surface area (Å²) < 4.78 is 8.53. The van der Waals surface area contributed by atoms with Crippen molar-refractivity contribution in [2.24, 2.45) is 0 Å². The van der Waals surface area contributed by atoms with Crippen LogP contribution in [0.25, 0.3) is 0 Å². The second kappa shape index (κ2) is 7.20. The van der Waals surface area contributed by atoms with Crippen LogP contribution in [-0.2, 0) is 13.8 Å². The number of ether oxygens (including phenoxy) is 1. The van der Waals surface area contributed by atoms with Gasteiger partial charge in [-0.2, -0.15) is 0 Å². The summed E-state index contributed by atoms with van der Waals surface area (Å²) in [5.41, 5.74) is 0. The standard InChI is InChI=1S/C8H12ClNO4/c1-3-4-13-8(12)10-6(2)5-7(11)14-9/h3,6H,1,4-5H2,2H3,(H,10,12). The zero-order valence-electron chi connectivity index (χ0n) is 7.79. The molecule has 0 aromatic rings. The number of amides is 1. The van der Waals surface area contributed by atoms with E-state index in [0.717, 1.165) is 0 Å². The Morgan fingerprint density at radius 2 is 2.29 bits per heavy atom. The lowest BCUT2D eigenvalue weighted by Gasteiger charge is -2.11. The molecule has 1 atom stereocenters. The average Bonchev–Trinajstić information content (AvgIpc) is 2.14. The zero-order chi connectivity index (χ0) is 11.0. The average molecular weight is 222 g/mol. The van der Waals surface area contributed by atoms with Gasteiger partial charge in [0.1, 0.15) is 18.5 Å². The third-order valence-corrected chi connectivity index (χ3v) is 1.43. The maximum atomic E-state index is 10.9. The highest BCUT2D eigenvalue weighted by atomic mass is 35.5. The van der Waals surface area contributed by atoms with E-state index in [2.05, 4.69) is 20.9 Å². The quantitative estimate of drug-likeness (QED) is 0.713. The molecule has 0 radical (unpaired) electrons. The summed E-state index contributed by atoms with van der Waals surface area (Å²) in [5, 5.41) is 2.41. The first-order valence-electron chi connectivity index (χ1n) is 3.95. The fraction of sp³-hybridized carbons (Fsp3) is 0.500. The molecule has 0 aliphatic heterocycles. The first-order valence-corrected chi connectivity index (χ1v) is 4.26. The molecule has 0 aromatic heterocycles. The van der Waals surface area contributed by atoms with Crippen molar-refractivity contribution < 1.29 is 18.6 Å². The van der Waals surface area contributed by atoms with E-state index in [1.165, 1.54) is 6.08 Å². The molecular weight excluding hydrogens is 210 g/mol.